The fourth-order valence-electron chi connectivity index (χ4n) is 1.02. The standard InChI is InChI=1S/C7H3ClF2N2O4/c8-5(14)2-1-3(13)4(6(9)10)7(11-2)12(15)16/h1,6H,(H,11,13). The zero-order chi connectivity index (χ0) is 12.5. The molecule has 0 unspecified atom stereocenters. The molecule has 0 aliphatic carbocycles. The number of nitro groups is 1. The molecule has 0 aromatic carbocycles. The van der Waals surface area contributed by atoms with E-state index in [1.807, 2.05) is 0 Å². The summed E-state index contributed by atoms with van der Waals surface area (Å²) >= 11 is 4.96. The molecule has 6 nitrogen and oxygen atoms in total. The maximum Gasteiger partial charge on any atom is 0.334 e. The largest absolute Gasteiger partial charge is 0.358 e. The van der Waals surface area contributed by atoms with Gasteiger partial charge < -0.3 is 10.1 Å². The summed E-state index contributed by atoms with van der Waals surface area (Å²) in [6, 6.07) is 0.490. The van der Waals surface area contributed by atoms with Crippen molar-refractivity contribution in [3.63, 3.8) is 0 Å². The number of halogens is 3. The Morgan fingerprint density at radius 1 is 1.56 bits per heavy atom. The summed E-state index contributed by atoms with van der Waals surface area (Å²) in [7, 11) is 0. The molecule has 0 saturated heterocycles. The minimum absolute atomic E-state index is 0.490. The average Bonchev–Trinajstić information content (AvgIpc) is 2.15. The fourth-order valence-corrected chi connectivity index (χ4v) is 1.12. The van der Waals surface area contributed by atoms with Crippen molar-refractivity contribution < 1.29 is 18.5 Å². The topological polar surface area (TPSA) is 93.1 Å². The van der Waals surface area contributed by atoms with E-state index in [9.17, 15) is 28.5 Å². The summed E-state index contributed by atoms with van der Waals surface area (Å²) in [6.45, 7) is 0. The van der Waals surface area contributed by atoms with Crippen LogP contribution in [0.25, 0.3) is 0 Å². The van der Waals surface area contributed by atoms with E-state index < -0.39 is 39.1 Å². The normalized spacial score (nSPS) is 10.5. The number of alkyl halides is 2. The van der Waals surface area contributed by atoms with Gasteiger partial charge >= 0.3 is 5.82 Å². The predicted octanol–water partition coefficient (Wildman–Crippen LogP) is 1.60. The molecule has 9 heteroatoms. The third-order valence-corrected chi connectivity index (χ3v) is 1.87. The van der Waals surface area contributed by atoms with Gasteiger partial charge in [-0.1, -0.05) is 0 Å². The Labute approximate surface area is 91.0 Å². The van der Waals surface area contributed by atoms with Gasteiger partial charge in [-0.15, -0.1) is 0 Å². The van der Waals surface area contributed by atoms with Crippen LogP contribution in [0, 0.1) is 10.1 Å². The molecule has 0 atom stereocenters. The van der Waals surface area contributed by atoms with Gasteiger partial charge in [0.1, 0.15) is 0 Å². The molecule has 1 N–H and O–H groups in total. The molecular weight excluding hydrogens is 250 g/mol. The number of hydrogen-bond acceptors (Lipinski definition) is 4. The summed E-state index contributed by atoms with van der Waals surface area (Å²) in [4.78, 5) is 32.7. The van der Waals surface area contributed by atoms with Crippen LogP contribution in [0.15, 0.2) is 10.9 Å². The highest BCUT2D eigenvalue weighted by Crippen LogP contribution is 2.23. The van der Waals surface area contributed by atoms with Crippen LogP contribution in [0.3, 0.4) is 0 Å². The van der Waals surface area contributed by atoms with Gasteiger partial charge in [0.2, 0.25) is 0 Å². The van der Waals surface area contributed by atoms with E-state index in [0.717, 1.165) is 0 Å². The minimum atomic E-state index is -3.32. The predicted molar refractivity (Wildman–Crippen MR) is 48.9 cm³/mol. The lowest BCUT2D eigenvalue weighted by Crippen LogP contribution is -2.16. The van der Waals surface area contributed by atoms with Crippen LogP contribution >= 0.6 is 11.6 Å². The average molecular weight is 253 g/mol. The molecule has 0 radical (unpaired) electrons. The summed E-state index contributed by atoms with van der Waals surface area (Å²) in [5.74, 6) is -1.23. The Bertz CT molecular complexity index is 514. The van der Waals surface area contributed by atoms with Crippen molar-refractivity contribution >= 4 is 22.7 Å². The Morgan fingerprint density at radius 2 is 2.12 bits per heavy atom. The second-order valence-electron chi connectivity index (χ2n) is 2.64. The number of rotatable bonds is 3. The SMILES string of the molecule is O=C(Cl)c1cc(=O)c(C(F)F)c([N+](=O)[O-])[nH]1. The second-order valence-corrected chi connectivity index (χ2v) is 2.98. The van der Waals surface area contributed by atoms with E-state index in [1.165, 1.54) is 0 Å². The van der Waals surface area contributed by atoms with Crippen LogP contribution in [0.2, 0.25) is 0 Å². The van der Waals surface area contributed by atoms with Crippen LogP contribution in [0.5, 0.6) is 0 Å². The highest BCUT2D eigenvalue weighted by atomic mass is 35.5. The third-order valence-electron chi connectivity index (χ3n) is 1.66. The molecule has 0 fully saturated rings. The highest BCUT2D eigenvalue weighted by Gasteiger charge is 2.27. The lowest BCUT2D eigenvalue weighted by atomic mass is 10.2. The van der Waals surface area contributed by atoms with Crippen LogP contribution in [-0.4, -0.2) is 15.1 Å². The van der Waals surface area contributed by atoms with Gasteiger partial charge in [0.15, 0.2) is 16.7 Å². The molecular formula is C7H3ClF2N2O4. The van der Waals surface area contributed by atoms with E-state index in [-0.39, 0.29) is 0 Å². The summed E-state index contributed by atoms with van der Waals surface area (Å²) < 4.78 is 24.7. The van der Waals surface area contributed by atoms with Crippen molar-refractivity contribution in [1.82, 2.24) is 4.98 Å². The molecule has 0 saturated carbocycles. The van der Waals surface area contributed by atoms with Crippen molar-refractivity contribution in [2.45, 2.75) is 6.43 Å². The highest BCUT2D eigenvalue weighted by molar-refractivity contribution is 6.67. The number of nitrogens with one attached hydrogen (secondary N) is 1. The van der Waals surface area contributed by atoms with E-state index >= 15 is 0 Å². The van der Waals surface area contributed by atoms with Gasteiger partial charge in [-0.3, -0.25) is 9.59 Å². The Hall–Kier alpha value is -1.83. The lowest BCUT2D eigenvalue weighted by molar-refractivity contribution is -0.391. The number of aromatic amines is 1. The second kappa shape index (κ2) is 4.35. The Kier molecular flexibility index (Phi) is 3.33. The third kappa shape index (κ3) is 2.22. The summed E-state index contributed by atoms with van der Waals surface area (Å²) in [6.07, 6.45) is -3.32. The van der Waals surface area contributed by atoms with Crippen molar-refractivity contribution in [2.24, 2.45) is 0 Å². The van der Waals surface area contributed by atoms with Gasteiger partial charge in [0.05, 0.1) is 0 Å². The molecule has 1 heterocycles. The number of H-pyrrole nitrogens is 1. The Balaban J connectivity index is 3.59. The van der Waals surface area contributed by atoms with Crippen molar-refractivity contribution in [3.05, 3.63) is 37.7 Å². The zero-order valence-electron chi connectivity index (χ0n) is 7.37. The van der Waals surface area contributed by atoms with Crippen molar-refractivity contribution in [1.29, 1.82) is 0 Å². The molecule has 0 aliphatic rings. The van der Waals surface area contributed by atoms with Crippen LogP contribution in [0.1, 0.15) is 22.5 Å². The van der Waals surface area contributed by atoms with Gasteiger partial charge in [0, 0.05) is 6.07 Å². The smallest absolute Gasteiger partial charge is 0.334 e. The first-order chi connectivity index (χ1) is 7.34. The molecule has 0 spiro atoms. The van der Waals surface area contributed by atoms with E-state index in [1.54, 1.807) is 4.98 Å². The number of nitrogens with zero attached hydrogens (tertiary/aromatic N) is 1. The number of pyridine rings is 1. The van der Waals surface area contributed by atoms with Crippen LogP contribution < -0.4 is 5.43 Å². The molecule has 0 aliphatic heterocycles. The van der Waals surface area contributed by atoms with E-state index in [0.29, 0.717) is 6.07 Å². The quantitative estimate of drug-likeness (QED) is 0.502. The van der Waals surface area contributed by atoms with Crippen LogP contribution in [0.4, 0.5) is 14.6 Å². The molecule has 0 amide bonds. The van der Waals surface area contributed by atoms with E-state index in [2.05, 4.69) is 0 Å². The lowest BCUT2D eigenvalue weighted by Gasteiger charge is -2.02. The Morgan fingerprint density at radius 3 is 2.50 bits per heavy atom. The minimum Gasteiger partial charge on any atom is -0.358 e. The van der Waals surface area contributed by atoms with Gasteiger partial charge in [0.25, 0.3) is 11.7 Å². The molecule has 16 heavy (non-hydrogen) atoms. The van der Waals surface area contributed by atoms with Crippen molar-refractivity contribution in [3.8, 4) is 0 Å². The first-order valence-corrected chi connectivity index (χ1v) is 4.12. The van der Waals surface area contributed by atoms with Crippen molar-refractivity contribution in [2.75, 3.05) is 0 Å². The van der Waals surface area contributed by atoms with E-state index in [4.69, 9.17) is 11.6 Å². The maximum absolute atomic E-state index is 12.3. The molecule has 1 rings (SSSR count). The zero-order valence-corrected chi connectivity index (χ0v) is 8.12. The molecule has 0 bridgehead atoms. The van der Waals surface area contributed by atoms with Gasteiger partial charge in [-0.25, -0.2) is 13.8 Å². The maximum atomic E-state index is 12.3. The molecule has 86 valence electrons. The first kappa shape index (κ1) is 12.2. The summed E-state index contributed by atoms with van der Waals surface area (Å²) in [5, 5.41) is 9.22. The summed E-state index contributed by atoms with van der Waals surface area (Å²) in [5.41, 5.74) is -3.22. The number of carbonyl (C=O) groups is 1. The van der Waals surface area contributed by atoms with Crippen LogP contribution in [-0.2, 0) is 0 Å². The molecule has 1 aromatic heterocycles. The number of hydrogen-bond donors (Lipinski definition) is 1. The first-order valence-electron chi connectivity index (χ1n) is 3.74. The number of aromatic nitrogens is 1. The monoisotopic (exact) mass is 252 g/mol. The number of carbonyl (C=O) groups excluding carboxylic acids is 1. The fraction of sp³-hybridized carbons (Fsp3) is 0.143. The molecule has 1 aromatic rings. The van der Waals surface area contributed by atoms with Gasteiger partial charge in [-0.2, -0.15) is 0 Å². The van der Waals surface area contributed by atoms with Gasteiger partial charge in [-0.05, 0) is 16.5 Å².